The topological polar surface area (TPSA) is 49.6 Å². The van der Waals surface area contributed by atoms with Crippen molar-refractivity contribution in [1.29, 1.82) is 5.26 Å². The SMILES string of the molecule is N#Cc1ccc2sc3ccc(-c4ccc5c(c4)nc(-c4ccccc4)c4ccc6cccnc6c45)cc3c2c1. The van der Waals surface area contributed by atoms with Crippen molar-refractivity contribution in [3.8, 4) is 28.5 Å². The highest BCUT2D eigenvalue weighted by Gasteiger charge is 2.15. The van der Waals surface area contributed by atoms with E-state index in [0.29, 0.717) is 5.56 Å². The van der Waals surface area contributed by atoms with Crippen LogP contribution in [-0.4, -0.2) is 9.97 Å². The lowest BCUT2D eigenvalue weighted by atomic mass is 9.95. The fraction of sp³-hybridized carbons (Fsp3) is 0. The maximum atomic E-state index is 9.43. The molecule has 0 amide bonds. The second kappa shape index (κ2) is 8.46. The monoisotopic (exact) mass is 513 g/mol. The van der Waals surface area contributed by atoms with Gasteiger partial charge < -0.3 is 0 Å². The number of nitrogens with zero attached hydrogens (tertiary/aromatic N) is 3. The zero-order valence-electron chi connectivity index (χ0n) is 20.7. The lowest BCUT2D eigenvalue weighted by Crippen LogP contribution is -1.92. The van der Waals surface area contributed by atoms with Gasteiger partial charge in [-0.1, -0.05) is 66.7 Å². The van der Waals surface area contributed by atoms with Gasteiger partial charge in [0.2, 0.25) is 0 Å². The van der Waals surface area contributed by atoms with Crippen molar-refractivity contribution in [2.75, 3.05) is 0 Å². The number of aromatic nitrogens is 2. The Morgan fingerprint density at radius 3 is 2.26 bits per heavy atom. The molecule has 8 rings (SSSR count). The van der Waals surface area contributed by atoms with E-state index in [-0.39, 0.29) is 0 Å². The lowest BCUT2D eigenvalue weighted by molar-refractivity contribution is 1.41. The van der Waals surface area contributed by atoms with Crippen LogP contribution in [0.25, 0.3) is 75.1 Å². The average Bonchev–Trinajstić information content (AvgIpc) is 3.37. The van der Waals surface area contributed by atoms with Gasteiger partial charge in [-0.2, -0.15) is 5.26 Å². The Balaban J connectivity index is 1.41. The van der Waals surface area contributed by atoms with E-state index in [0.717, 1.165) is 60.3 Å². The lowest BCUT2D eigenvalue weighted by Gasteiger charge is -2.13. The molecular formula is C35H19N3S. The van der Waals surface area contributed by atoms with Gasteiger partial charge in [0.1, 0.15) is 0 Å². The molecule has 0 aliphatic heterocycles. The van der Waals surface area contributed by atoms with Crippen LogP contribution in [0.4, 0.5) is 0 Å². The molecule has 4 heteroatoms. The third-order valence-corrected chi connectivity index (χ3v) is 8.66. The van der Waals surface area contributed by atoms with Gasteiger partial charge >= 0.3 is 0 Å². The van der Waals surface area contributed by atoms with Crippen LogP contribution in [0, 0.1) is 11.3 Å². The number of pyridine rings is 2. The number of fused-ring (bicyclic) bond motifs is 8. The van der Waals surface area contributed by atoms with Gasteiger partial charge in [-0.05, 0) is 53.6 Å². The highest BCUT2D eigenvalue weighted by atomic mass is 32.1. The smallest absolute Gasteiger partial charge is 0.0991 e. The summed E-state index contributed by atoms with van der Waals surface area (Å²) >= 11 is 1.76. The Kier molecular flexibility index (Phi) is 4.75. The van der Waals surface area contributed by atoms with E-state index >= 15 is 0 Å². The van der Waals surface area contributed by atoms with Crippen molar-refractivity contribution in [2.24, 2.45) is 0 Å². The third kappa shape index (κ3) is 3.41. The Morgan fingerprint density at radius 2 is 1.38 bits per heavy atom. The van der Waals surface area contributed by atoms with Gasteiger partial charge in [-0.15, -0.1) is 11.3 Å². The molecule has 3 nitrogen and oxygen atoms in total. The van der Waals surface area contributed by atoms with E-state index in [9.17, 15) is 5.26 Å². The summed E-state index contributed by atoms with van der Waals surface area (Å²) in [4.78, 5) is 10.0. The predicted octanol–water partition coefficient (Wildman–Crippen LogP) is 9.51. The summed E-state index contributed by atoms with van der Waals surface area (Å²) in [5.74, 6) is 0. The molecule has 0 saturated heterocycles. The molecule has 0 fully saturated rings. The minimum atomic E-state index is 0.684. The van der Waals surface area contributed by atoms with E-state index in [4.69, 9.17) is 9.97 Å². The molecule has 0 N–H and O–H groups in total. The van der Waals surface area contributed by atoms with E-state index in [1.54, 1.807) is 11.3 Å². The van der Waals surface area contributed by atoms with Gasteiger partial charge in [0, 0.05) is 53.5 Å². The first-order chi connectivity index (χ1) is 19.3. The zero-order chi connectivity index (χ0) is 25.9. The van der Waals surface area contributed by atoms with Gasteiger partial charge in [0.25, 0.3) is 0 Å². The fourth-order valence-corrected chi connectivity index (χ4v) is 6.72. The van der Waals surface area contributed by atoms with E-state index in [1.165, 1.54) is 14.8 Å². The van der Waals surface area contributed by atoms with Crippen molar-refractivity contribution in [2.45, 2.75) is 0 Å². The number of nitriles is 1. The quantitative estimate of drug-likeness (QED) is 0.216. The molecular weight excluding hydrogens is 494 g/mol. The molecule has 0 atom stereocenters. The first kappa shape index (κ1) is 21.9. The van der Waals surface area contributed by atoms with Crippen LogP contribution in [0.2, 0.25) is 0 Å². The molecule has 0 unspecified atom stereocenters. The van der Waals surface area contributed by atoms with Crippen molar-refractivity contribution in [3.05, 3.63) is 121 Å². The van der Waals surface area contributed by atoms with Crippen LogP contribution in [0.15, 0.2) is 115 Å². The summed E-state index contributed by atoms with van der Waals surface area (Å²) in [5.41, 5.74) is 6.91. The molecule has 3 aromatic heterocycles. The number of thiophene rings is 1. The van der Waals surface area contributed by atoms with Crippen molar-refractivity contribution in [3.63, 3.8) is 0 Å². The number of benzene rings is 5. The largest absolute Gasteiger partial charge is 0.256 e. The molecule has 3 heterocycles. The van der Waals surface area contributed by atoms with E-state index in [1.807, 2.05) is 36.5 Å². The molecule has 0 radical (unpaired) electrons. The van der Waals surface area contributed by atoms with Crippen LogP contribution in [0.3, 0.4) is 0 Å². The van der Waals surface area contributed by atoms with Gasteiger partial charge in [-0.25, -0.2) is 4.98 Å². The van der Waals surface area contributed by atoms with Crippen LogP contribution < -0.4 is 0 Å². The first-order valence-corrected chi connectivity index (χ1v) is 13.6. The maximum absolute atomic E-state index is 9.43. The van der Waals surface area contributed by atoms with Crippen LogP contribution in [0.5, 0.6) is 0 Å². The minimum absolute atomic E-state index is 0.684. The highest BCUT2D eigenvalue weighted by Crippen LogP contribution is 2.40. The Labute approximate surface area is 228 Å². The molecule has 0 aliphatic carbocycles. The van der Waals surface area contributed by atoms with E-state index < -0.39 is 0 Å². The molecule has 8 aromatic rings. The number of hydrogen-bond donors (Lipinski definition) is 0. The minimum Gasteiger partial charge on any atom is -0.256 e. The predicted molar refractivity (Wildman–Crippen MR) is 163 cm³/mol. The normalized spacial score (nSPS) is 11.6. The molecule has 39 heavy (non-hydrogen) atoms. The van der Waals surface area contributed by atoms with E-state index in [2.05, 4.69) is 84.9 Å². The summed E-state index contributed by atoms with van der Waals surface area (Å²) in [6, 6.07) is 40.2. The molecule has 180 valence electrons. The van der Waals surface area contributed by atoms with Gasteiger partial charge in [-0.3, -0.25) is 4.98 Å². The van der Waals surface area contributed by atoms with Gasteiger partial charge in [0.05, 0.1) is 28.4 Å². The zero-order valence-corrected chi connectivity index (χ0v) is 21.5. The van der Waals surface area contributed by atoms with Crippen LogP contribution in [0.1, 0.15) is 5.56 Å². The average molecular weight is 514 g/mol. The standard InChI is InChI=1S/C35H19N3S/c36-20-21-8-14-31-28(17-21)29-18-24(11-15-32(29)39-31)25-10-12-26-30(19-25)38-34(22-5-2-1-3-6-22)27-13-9-23-7-4-16-37-35(23)33(26)27/h1-19H. The third-order valence-electron chi connectivity index (χ3n) is 7.51. The summed E-state index contributed by atoms with van der Waals surface area (Å²) in [5, 5.41) is 16.2. The summed E-state index contributed by atoms with van der Waals surface area (Å²) in [6.45, 7) is 0. The van der Waals surface area contributed by atoms with Crippen molar-refractivity contribution < 1.29 is 0 Å². The van der Waals surface area contributed by atoms with Crippen molar-refractivity contribution in [1.82, 2.24) is 9.97 Å². The number of rotatable bonds is 2. The van der Waals surface area contributed by atoms with Crippen LogP contribution in [-0.2, 0) is 0 Å². The molecule has 0 bridgehead atoms. The highest BCUT2D eigenvalue weighted by molar-refractivity contribution is 7.25. The number of hydrogen-bond acceptors (Lipinski definition) is 4. The second-order valence-electron chi connectivity index (χ2n) is 9.76. The summed E-state index contributed by atoms with van der Waals surface area (Å²) < 4.78 is 2.41. The van der Waals surface area contributed by atoms with Gasteiger partial charge in [0.15, 0.2) is 0 Å². The molecule has 0 aliphatic rings. The Hall–Kier alpha value is -5.11. The van der Waals surface area contributed by atoms with Crippen molar-refractivity contribution >= 4 is 64.1 Å². The summed E-state index contributed by atoms with van der Waals surface area (Å²) in [6.07, 6.45) is 1.86. The fourth-order valence-electron chi connectivity index (χ4n) is 5.65. The second-order valence-corrected chi connectivity index (χ2v) is 10.8. The molecule has 5 aromatic carbocycles. The maximum Gasteiger partial charge on any atom is 0.0991 e. The molecule has 0 spiro atoms. The first-order valence-electron chi connectivity index (χ1n) is 12.8. The molecule has 0 saturated carbocycles. The van der Waals surface area contributed by atoms with Crippen LogP contribution >= 0.6 is 11.3 Å². The Morgan fingerprint density at radius 1 is 0.615 bits per heavy atom. The summed E-state index contributed by atoms with van der Waals surface area (Å²) in [7, 11) is 0. The Bertz CT molecular complexity index is 2290.